The molecule has 0 N–H and O–H groups in total. The molecule has 0 atom stereocenters. The maximum Gasteiger partial charge on any atom is 0.0714 e. The van der Waals surface area contributed by atoms with Gasteiger partial charge in [-0.2, -0.15) is 0 Å². The van der Waals surface area contributed by atoms with Gasteiger partial charge in [0.05, 0.1) is 22.1 Å². The Hall–Kier alpha value is -6.64. The number of hydrogen-bond donors (Lipinski definition) is 0. The zero-order valence-corrected chi connectivity index (χ0v) is 30.4. The van der Waals surface area contributed by atoms with E-state index < -0.39 is 5.41 Å². The van der Waals surface area contributed by atoms with Crippen LogP contribution in [0.4, 0.5) is 17.1 Å². The standard InChI is InChI=1S/C52H38N2/c1-51(2)45-26-14-15-28-49(45)54-48-32-30-38(33-43(48)42-24-16-27-46(51)50(42)54)53(37-21-10-5-11-22-37)39-29-31-41-40-23-12-13-25-44(40)52(47(41)34-39,35-17-6-3-7-18-35)36-19-8-4-9-20-36/h3-34H,1-2H3. The average Bonchev–Trinajstić information content (AvgIpc) is 3.72. The van der Waals surface area contributed by atoms with Crippen molar-refractivity contribution >= 4 is 38.9 Å². The summed E-state index contributed by atoms with van der Waals surface area (Å²) in [6.07, 6.45) is 0. The van der Waals surface area contributed by atoms with E-state index in [2.05, 4.69) is 217 Å². The van der Waals surface area contributed by atoms with E-state index in [9.17, 15) is 0 Å². The molecule has 11 rings (SSSR count). The monoisotopic (exact) mass is 690 g/mol. The molecule has 256 valence electrons. The summed E-state index contributed by atoms with van der Waals surface area (Å²) < 4.78 is 2.50. The lowest BCUT2D eigenvalue weighted by Gasteiger charge is -2.35. The summed E-state index contributed by atoms with van der Waals surface area (Å²) >= 11 is 0. The van der Waals surface area contributed by atoms with Gasteiger partial charge >= 0.3 is 0 Å². The van der Waals surface area contributed by atoms with E-state index in [1.807, 2.05) is 0 Å². The SMILES string of the molecule is CC1(C)c2ccccc2-n2c3ccc(N(c4ccccc4)c4ccc5c(c4)C(c4ccccc4)(c4ccccc4)c4ccccc4-5)cc3c3cccc1c32. The van der Waals surface area contributed by atoms with Crippen molar-refractivity contribution in [2.45, 2.75) is 24.7 Å². The molecular weight excluding hydrogens is 653 g/mol. The summed E-state index contributed by atoms with van der Waals surface area (Å²) in [5.41, 5.74) is 17.1. The molecule has 2 nitrogen and oxygen atoms in total. The second-order valence-corrected chi connectivity index (χ2v) is 15.3. The molecule has 1 aromatic heterocycles. The van der Waals surface area contributed by atoms with Gasteiger partial charge in [0, 0.05) is 33.2 Å². The number of anilines is 3. The van der Waals surface area contributed by atoms with Crippen molar-refractivity contribution < 1.29 is 0 Å². The van der Waals surface area contributed by atoms with Crippen molar-refractivity contribution in [3.63, 3.8) is 0 Å². The second-order valence-electron chi connectivity index (χ2n) is 15.3. The molecule has 8 aromatic carbocycles. The van der Waals surface area contributed by atoms with Crippen molar-refractivity contribution in [3.05, 3.63) is 228 Å². The molecule has 2 heteroatoms. The van der Waals surface area contributed by atoms with E-state index in [1.54, 1.807) is 0 Å². The average molecular weight is 691 g/mol. The number of benzene rings is 8. The normalized spacial score (nSPS) is 14.4. The molecule has 9 aromatic rings. The van der Waals surface area contributed by atoms with Gasteiger partial charge in [0.2, 0.25) is 0 Å². The molecule has 0 spiro atoms. The third-order valence-electron chi connectivity index (χ3n) is 12.2. The molecule has 54 heavy (non-hydrogen) atoms. The van der Waals surface area contributed by atoms with Crippen LogP contribution < -0.4 is 4.90 Å². The largest absolute Gasteiger partial charge is 0.310 e. The number of rotatable bonds is 5. The van der Waals surface area contributed by atoms with E-state index in [0.29, 0.717) is 0 Å². The number of nitrogens with zero attached hydrogens (tertiary/aromatic N) is 2. The van der Waals surface area contributed by atoms with Gasteiger partial charge < -0.3 is 9.47 Å². The lowest BCUT2D eigenvalue weighted by Crippen LogP contribution is -2.28. The van der Waals surface area contributed by atoms with Gasteiger partial charge in [0.25, 0.3) is 0 Å². The van der Waals surface area contributed by atoms with Crippen LogP contribution in [0.25, 0.3) is 38.6 Å². The first kappa shape index (κ1) is 30.9. The van der Waals surface area contributed by atoms with E-state index in [4.69, 9.17) is 0 Å². The van der Waals surface area contributed by atoms with Gasteiger partial charge in [0.1, 0.15) is 0 Å². The highest BCUT2D eigenvalue weighted by molar-refractivity contribution is 6.13. The number of fused-ring (bicyclic) bond motifs is 8. The van der Waals surface area contributed by atoms with Crippen LogP contribution in [-0.2, 0) is 10.8 Å². The number of hydrogen-bond acceptors (Lipinski definition) is 1. The molecule has 1 aliphatic carbocycles. The molecule has 0 unspecified atom stereocenters. The quantitative estimate of drug-likeness (QED) is 0.175. The summed E-state index contributed by atoms with van der Waals surface area (Å²) in [6, 6.07) is 71.9. The third kappa shape index (κ3) is 4.11. The van der Waals surface area contributed by atoms with Gasteiger partial charge in [-0.25, -0.2) is 0 Å². The van der Waals surface area contributed by atoms with Crippen LogP contribution in [0.1, 0.15) is 47.2 Å². The number of aromatic nitrogens is 1. The Morgan fingerprint density at radius 3 is 1.72 bits per heavy atom. The predicted molar refractivity (Wildman–Crippen MR) is 225 cm³/mol. The van der Waals surface area contributed by atoms with Crippen molar-refractivity contribution in [1.82, 2.24) is 4.57 Å². The minimum atomic E-state index is -0.476. The van der Waals surface area contributed by atoms with Gasteiger partial charge in [0.15, 0.2) is 0 Å². The minimum absolute atomic E-state index is 0.106. The van der Waals surface area contributed by atoms with Crippen LogP contribution in [0, 0.1) is 0 Å². The molecule has 0 bridgehead atoms. The lowest BCUT2D eigenvalue weighted by atomic mass is 9.67. The van der Waals surface area contributed by atoms with Crippen LogP contribution in [0.2, 0.25) is 0 Å². The lowest BCUT2D eigenvalue weighted by molar-refractivity contribution is 0.630. The number of para-hydroxylation sites is 3. The molecule has 0 fully saturated rings. The summed E-state index contributed by atoms with van der Waals surface area (Å²) in [4.78, 5) is 2.44. The molecule has 1 aliphatic heterocycles. The van der Waals surface area contributed by atoms with Gasteiger partial charge in [-0.05, 0) is 93.0 Å². The smallest absolute Gasteiger partial charge is 0.0714 e. The highest BCUT2D eigenvalue weighted by Gasteiger charge is 2.46. The van der Waals surface area contributed by atoms with Crippen LogP contribution in [-0.4, -0.2) is 4.57 Å². The molecule has 0 radical (unpaired) electrons. The third-order valence-corrected chi connectivity index (χ3v) is 12.2. The molecule has 0 saturated carbocycles. The topological polar surface area (TPSA) is 8.17 Å². The molecule has 2 heterocycles. The summed E-state index contributed by atoms with van der Waals surface area (Å²) in [7, 11) is 0. The van der Waals surface area contributed by atoms with Crippen molar-refractivity contribution in [2.75, 3.05) is 4.90 Å². The fraction of sp³-hybridized carbons (Fsp3) is 0.0769. The van der Waals surface area contributed by atoms with Gasteiger partial charge in [-0.15, -0.1) is 0 Å². The summed E-state index contributed by atoms with van der Waals surface area (Å²) in [5.74, 6) is 0. The maximum absolute atomic E-state index is 2.50. The summed E-state index contributed by atoms with van der Waals surface area (Å²) in [6.45, 7) is 4.72. The first-order valence-electron chi connectivity index (χ1n) is 18.9. The molecule has 0 saturated heterocycles. The van der Waals surface area contributed by atoms with Crippen LogP contribution in [0.3, 0.4) is 0 Å². The summed E-state index contributed by atoms with van der Waals surface area (Å²) in [5, 5.41) is 2.55. The van der Waals surface area contributed by atoms with E-state index in [0.717, 1.165) is 17.1 Å². The molecular formula is C52H38N2. The van der Waals surface area contributed by atoms with E-state index >= 15 is 0 Å². The van der Waals surface area contributed by atoms with Crippen molar-refractivity contribution in [2.24, 2.45) is 0 Å². The first-order valence-corrected chi connectivity index (χ1v) is 18.9. The van der Waals surface area contributed by atoms with E-state index in [-0.39, 0.29) is 5.41 Å². The fourth-order valence-corrected chi connectivity index (χ4v) is 9.89. The minimum Gasteiger partial charge on any atom is -0.310 e. The highest BCUT2D eigenvalue weighted by atomic mass is 15.1. The fourth-order valence-electron chi connectivity index (χ4n) is 9.89. The Morgan fingerprint density at radius 1 is 0.407 bits per heavy atom. The Balaban J connectivity index is 1.18. The Kier molecular flexibility index (Phi) is 6.55. The van der Waals surface area contributed by atoms with Crippen LogP contribution in [0.5, 0.6) is 0 Å². The zero-order valence-electron chi connectivity index (χ0n) is 30.4. The van der Waals surface area contributed by atoms with Gasteiger partial charge in [-0.1, -0.05) is 159 Å². The predicted octanol–water partition coefficient (Wildman–Crippen LogP) is 13.3. The highest BCUT2D eigenvalue weighted by Crippen LogP contribution is 2.57. The van der Waals surface area contributed by atoms with Crippen LogP contribution >= 0.6 is 0 Å². The first-order chi connectivity index (χ1) is 26.6. The van der Waals surface area contributed by atoms with Crippen molar-refractivity contribution in [3.8, 4) is 16.8 Å². The maximum atomic E-state index is 2.50. The Bertz CT molecular complexity index is 2860. The van der Waals surface area contributed by atoms with Crippen molar-refractivity contribution in [1.29, 1.82) is 0 Å². The Morgan fingerprint density at radius 2 is 0.981 bits per heavy atom. The molecule has 2 aliphatic rings. The molecule has 0 amide bonds. The second kappa shape index (κ2) is 11.4. The van der Waals surface area contributed by atoms with Crippen LogP contribution in [0.15, 0.2) is 194 Å². The Labute approximate surface area is 316 Å². The van der Waals surface area contributed by atoms with E-state index in [1.165, 1.54) is 72.0 Å². The zero-order chi connectivity index (χ0) is 36.0. The van der Waals surface area contributed by atoms with Gasteiger partial charge in [-0.3, -0.25) is 0 Å².